The van der Waals surface area contributed by atoms with Gasteiger partial charge in [-0.1, -0.05) is 6.07 Å². The van der Waals surface area contributed by atoms with Gasteiger partial charge < -0.3 is 9.14 Å². The standard InChI is InChI=1S/C11H9N3O2/c1-8-3-2-4-10-13-9(7-14(8)10)11(15)16-6-5-12/h2-4,7H,6H2,1H3. The predicted octanol–water partition coefficient (Wildman–Crippen LogP) is 1.32. The van der Waals surface area contributed by atoms with Gasteiger partial charge in [-0.15, -0.1) is 0 Å². The van der Waals surface area contributed by atoms with Crippen molar-refractivity contribution in [2.75, 3.05) is 6.61 Å². The maximum absolute atomic E-state index is 11.4. The van der Waals surface area contributed by atoms with E-state index in [0.29, 0.717) is 5.65 Å². The number of aryl methyl sites for hydroxylation is 1. The smallest absolute Gasteiger partial charge is 0.359 e. The second-order valence-corrected chi connectivity index (χ2v) is 3.26. The summed E-state index contributed by atoms with van der Waals surface area (Å²) in [4.78, 5) is 15.5. The van der Waals surface area contributed by atoms with Crippen molar-refractivity contribution in [2.45, 2.75) is 6.92 Å². The lowest BCUT2D eigenvalue weighted by Crippen LogP contribution is -2.05. The van der Waals surface area contributed by atoms with Crippen molar-refractivity contribution in [1.29, 1.82) is 5.26 Å². The Morgan fingerprint density at radius 2 is 2.44 bits per heavy atom. The highest BCUT2D eigenvalue weighted by molar-refractivity contribution is 5.88. The molecule has 0 aliphatic rings. The summed E-state index contributed by atoms with van der Waals surface area (Å²) in [6.07, 6.45) is 1.60. The number of nitrogens with zero attached hydrogens (tertiary/aromatic N) is 3. The van der Waals surface area contributed by atoms with E-state index in [1.54, 1.807) is 22.7 Å². The van der Waals surface area contributed by atoms with Crippen LogP contribution in [0.15, 0.2) is 24.4 Å². The number of nitriles is 1. The molecular formula is C11H9N3O2. The molecule has 0 aromatic carbocycles. The summed E-state index contributed by atoms with van der Waals surface area (Å²) in [7, 11) is 0. The number of hydrogen-bond acceptors (Lipinski definition) is 4. The Morgan fingerprint density at radius 1 is 1.62 bits per heavy atom. The quantitative estimate of drug-likeness (QED) is 0.708. The second kappa shape index (κ2) is 4.03. The molecule has 0 N–H and O–H groups in total. The minimum absolute atomic E-state index is 0.213. The average Bonchev–Trinajstić information content (AvgIpc) is 2.71. The van der Waals surface area contributed by atoms with Crippen LogP contribution in [0.25, 0.3) is 5.65 Å². The zero-order valence-electron chi connectivity index (χ0n) is 8.67. The van der Waals surface area contributed by atoms with Crippen LogP contribution < -0.4 is 0 Å². The molecule has 2 heterocycles. The number of ether oxygens (including phenoxy) is 1. The fourth-order valence-electron chi connectivity index (χ4n) is 1.42. The van der Waals surface area contributed by atoms with E-state index in [9.17, 15) is 4.79 Å². The molecule has 2 aromatic heterocycles. The van der Waals surface area contributed by atoms with Gasteiger partial charge in [0.1, 0.15) is 11.7 Å². The second-order valence-electron chi connectivity index (χ2n) is 3.26. The molecule has 0 saturated carbocycles. The number of aromatic nitrogens is 2. The van der Waals surface area contributed by atoms with Gasteiger partial charge in [-0.05, 0) is 19.1 Å². The summed E-state index contributed by atoms with van der Waals surface area (Å²) in [5, 5.41) is 8.29. The first-order valence-corrected chi connectivity index (χ1v) is 4.71. The van der Waals surface area contributed by atoms with Crippen LogP contribution in [0.1, 0.15) is 16.2 Å². The normalized spacial score (nSPS) is 10.0. The zero-order valence-corrected chi connectivity index (χ0v) is 8.67. The van der Waals surface area contributed by atoms with E-state index in [0.717, 1.165) is 5.69 Å². The summed E-state index contributed by atoms with van der Waals surface area (Å²) in [6, 6.07) is 7.31. The number of carbonyl (C=O) groups is 1. The Labute approximate surface area is 91.9 Å². The Balaban J connectivity index is 2.37. The van der Waals surface area contributed by atoms with E-state index in [4.69, 9.17) is 5.26 Å². The van der Waals surface area contributed by atoms with Crippen molar-refractivity contribution in [2.24, 2.45) is 0 Å². The molecule has 80 valence electrons. The van der Waals surface area contributed by atoms with E-state index < -0.39 is 5.97 Å². The van der Waals surface area contributed by atoms with Crippen molar-refractivity contribution >= 4 is 11.6 Å². The summed E-state index contributed by atoms with van der Waals surface area (Å²) in [5.41, 5.74) is 1.87. The number of rotatable bonds is 2. The first-order chi connectivity index (χ1) is 7.72. The van der Waals surface area contributed by atoms with Crippen molar-refractivity contribution in [3.05, 3.63) is 35.8 Å². The van der Waals surface area contributed by atoms with Crippen LogP contribution in [0.4, 0.5) is 0 Å². The summed E-state index contributed by atoms with van der Waals surface area (Å²) in [6.45, 7) is 1.66. The Morgan fingerprint density at radius 3 is 3.12 bits per heavy atom. The lowest BCUT2D eigenvalue weighted by Gasteiger charge is -1.95. The molecule has 5 heteroatoms. The van der Waals surface area contributed by atoms with E-state index in [2.05, 4.69) is 9.72 Å². The van der Waals surface area contributed by atoms with E-state index in [-0.39, 0.29) is 12.3 Å². The Bertz CT molecular complexity index is 580. The summed E-state index contributed by atoms with van der Waals surface area (Å²) in [5.74, 6) is -0.579. The van der Waals surface area contributed by atoms with E-state index in [1.807, 2.05) is 19.1 Å². The SMILES string of the molecule is Cc1cccc2nc(C(=O)OCC#N)cn12. The van der Waals surface area contributed by atoms with Gasteiger partial charge in [0.2, 0.25) is 0 Å². The topological polar surface area (TPSA) is 67.4 Å². The van der Waals surface area contributed by atoms with Crippen LogP contribution in [0.2, 0.25) is 0 Å². The monoisotopic (exact) mass is 215 g/mol. The molecule has 0 atom stereocenters. The van der Waals surface area contributed by atoms with Crippen molar-refractivity contribution < 1.29 is 9.53 Å². The van der Waals surface area contributed by atoms with Crippen LogP contribution in [0.3, 0.4) is 0 Å². The third-order valence-electron chi connectivity index (χ3n) is 2.17. The van der Waals surface area contributed by atoms with Crippen LogP contribution in [-0.4, -0.2) is 22.0 Å². The number of esters is 1. The van der Waals surface area contributed by atoms with Crippen molar-refractivity contribution in [3.8, 4) is 6.07 Å². The van der Waals surface area contributed by atoms with Gasteiger partial charge in [0, 0.05) is 11.9 Å². The lowest BCUT2D eigenvalue weighted by atomic mass is 10.4. The fourth-order valence-corrected chi connectivity index (χ4v) is 1.42. The summed E-state index contributed by atoms with van der Waals surface area (Å²) < 4.78 is 6.47. The minimum Gasteiger partial charge on any atom is -0.446 e. The number of pyridine rings is 1. The highest BCUT2D eigenvalue weighted by Crippen LogP contribution is 2.09. The van der Waals surface area contributed by atoms with Gasteiger partial charge in [0.05, 0.1) is 0 Å². The molecule has 2 aromatic rings. The fraction of sp³-hybridized carbons (Fsp3) is 0.182. The number of fused-ring (bicyclic) bond motifs is 1. The van der Waals surface area contributed by atoms with Gasteiger partial charge >= 0.3 is 5.97 Å². The molecule has 0 radical (unpaired) electrons. The molecule has 0 fully saturated rings. The van der Waals surface area contributed by atoms with Gasteiger partial charge in [0.25, 0.3) is 0 Å². The molecule has 0 saturated heterocycles. The largest absolute Gasteiger partial charge is 0.446 e. The first kappa shape index (κ1) is 10.2. The summed E-state index contributed by atoms with van der Waals surface area (Å²) >= 11 is 0. The van der Waals surface area contributed by atoms with Crippen LogP contribution in [0, 0.1) is 18.3 Å². The molecule has 0 aliphatic carbocycles. The van der Waals surface area contributed by atoms with Crippen LogP contribution in [0.5, 0.6) is 0 Å². The van der Waals surface area contributed by atoms with Crippen LogP contribution in [-0.2, 0) is 4.74 Å². The minimum atomic E-state index is -0.579. The molecule has 0 unspecified atom stereocenters. The van der Waals surface area contributed by atoms with Crippen LogP contribution >= 0.6 is 0 Å². The predicted molar refractivity (Wildman–Crippen MR) is 55.8 cm³/mol. The lowest BCUT2D eigenvalue weighted by molar-refractivity contribution is 0.0549. The number of carbonyl (C=O) groups excluding carboxylic acids is 1. The molecule has 16 heavy (non-hydrogen) atoms. The van der Waals surface area contributed by atoms with Gasteiger partial charge in [-0.3, -0.25) is 0 Å². The van der Waals surface area contributed by atoms with E-state index in [1.165, 1.54) is 0 Å². The molecule has 0 aliphatic heterocycles. The number of imidazole rings is 1. The highest BCUT2D eigenvalue weighted by atomic mass is 16.5. The average molecular weight is 215 g/mol. The van der Waals surface area contributed by atoms with Crippen molar-refractivity contribution in [1.82, 2.24) is 9.38 Å². The highest BCUT2D eigenvalue weighted by Gasteiger charge is 2.12. The molecule has 5 nitrogen and oxygen atoms in total. The molecule has 0 bridgehead atoms. The molecule has 2 rings (SSSR count). The zero-order chi connectivity index (χ0) is 11.5. The molecule has 0 amide bonds. The third kappa shape index (κ3) is 1.73. The van der Waals surface area contributed by atoms with Crippen molar-refractivity contribution in [3.63, 3.8) is 0 Å². The van der Waals surface area contributed by atoms with E-state index >= 15 is 0 Å². The van der Waals surface area contributed by atoms with Gasteiger partial charge in [0.15, 0.2) is 12.3 Å². The molecular weight excluding hydrogens is 206 g/mol. The number of hydrogen-bond donors (Lipinski definition) is 0. The maximum Gasteiger partial charge on any atom is 0.359 e. The molecule has 0 spiro atoms. The maximum atomic E-state index is 11.4. The van der Waals surface area contributed by atoms with Gasteiger partial charge in [-0.2, -0.15) is 5.26 Å². The van der Waals surface area contributed by atoms with Gasteiger partial charge in [-0.25, -0.2) is 9.78 Å². The Hall–Kier alpha value is -2.35. The Kier molecular flexibility index (Phi) is 2.56. The third-order valence-corrected chi connectivity index (χ3v) is 2.17. The first-order valence-electron chi connectivity index (χ1n) is 4.71.